The van der Waals surface area contributed by atoms with Crippen LogP contribution in [0.2, 0.25) is 0 Å². The van der Waals surface area contributed by atoms with E-state index in [9.17, 15) is 9.18 Å². The molecule has 8 heteroatoms. The van der Waals surface area contributed by atoms with E-state index >= 15 is 0 Å². The number of amides is 1. The summed E-state index contributed by atoms with van der Waals surface area (Å²) in [5.74, 6) is -0.941. The fourth-order valence-electron chi connectivity index (χ4n) is 1.29. The fraction of sp³-hybridized carbons (Fsp3) is 0.200. The van der Waals surface area contributed by atoms with Crippen molar-refractivity contribution in [2.45, 2.75) is 13.5 Å². The van der Waals surface area contributed by atoms with E-state index in [2.05, 4.69) is 25.8 Å². The smallest absolute Gasteiger partial charge is 0.273 e. The van der Waals surface area contributed by atoms with E-state index < -0.39 is 11.9 Å². The first-order valence-electron chi connectivity index (χ1n) is 5.26. The second-order valence-electron chi connectivity index (χ2n) is 3.38. The summed E-state index contributed by atoms with van der Waals surface area (Å²) in [5.41, 5.74) is 2.73. The Morgan fingerprint density at radius 3 is 3.17 bits per heavy atom. The van der Waals surface area contributed by atoms with Gasteiger partial charge in [-0.1, -0.05) is 0 Å². The summed E-state index contributed by atoms with van der Waals surface area (Å²) in [7, 11) is 0. The van der Waals surface area contributed by atoms with E-state index in [-0.39, 0.29) is 11.3 Å². The van der Waals surface area contributed by atoms with Crippen LogP contribution in [-0.2, 0) is 6.54 Å². The highest BCUT2D eigenvalue weighted by Crippen LogP contribution is 2.02. The molecule has 2 aromatic rings. The highest BCUT2D eigenvalue weighted by molar-refractivity contribution is 5.92. The lowest BCUT2D eigenvalue weighted by atomic mass is 10.4. The van der Waals surface area contributed by atoms with Crippen LogP contribution in [0.5, 0.6) is 0 Å². The van der Waals surface area contributed by atoms with E-state index in [0.717, 1.165) is 0 Å². The van der Waals surface area contributed by atoms with Gasteiger partial charge < -0.3 is 0 Å². The molecule has 2 N–H and O–H groups in total. The van der Waals surface area contributed by atoms with Crippen LogP contribution in [0.15, 0.2) is 23.6 Å². The van der Waals surface area contributed by atoms with Crippen molar-refractivity contribution in [3.8, 4) is 0 Å². The Balaban J connectivity index is 1.99. The summed E-state index contributed by atoms with van der Waals surface area (Å²) < 4.78 is 14.7. The van der Waals surface area contributed by atoms with E-state index in [1.165, 1.54) is 29.4 Å². The topological polar surface area (TPSA) is 88.0 Å². The maximum atomic E-state index is 13.5. The summed E-state index contributed by atoms with van der Waals surface area (Å²) in [6.45, 7) is 2.21. The Kier molecular flexibility index (Phi) is 3.46. The zero-order valence-corrected chi connectivity index (χ0v) is 9.59. The van der Waals surface area contributed by atoms with Crippen molar-refractivity contribution in [2.24, 2.45) is 5.10 Å². The Hall–Kier alpha value is -2.51. The molecule has 7 nitrogen and oxygen atoms in total. The average molecular weight is 250 g/mol. The van der Waals surface area contributed by atoms with Crippen molar-refractivity contribution < 1.29 is 9.18 Å². The van der Waals surface area contributed by atoms with Crippen molar-refractivity contribution in [3.05, 3.63) is 35.7 Å². The van der Waals surface area contributed by atoms with Gasteiger partial charge in [0.2, 0.25) is 5.95 Å². The van der Waals surface area contributed by atoms with Gasteiger partial charge in [-0.25, -0.2) is 10.1 Å². The van der Waals surface area contributed by atoms with Gasteiger partial charge in [0.25, 0.3) is 5.91 Å². The van der Waals surface area contributed by atoms with Crippen LogP contribution in [0.4, 0.5) is 4.39 Å². The van der Waals surface area contributed by atoms with Crippen LogP contribution in [0.25, 0.3) is 0 Å². The Labute approximate surface area is 102 Å². The van der Waals surface area contributed by atoms with Gasteiger partial charge in [-0.3, -0.25) is 9.89 Å². The molecule has 2 aromatic heterocycles. The van der Waals surface area contributed by atoms with E-state index in [4.69, 9.17) is 0 Å². The summed E-state index contributed by atoms with van der Waals surface area (Å²) in [6, 6.07) is 1.50. The van der Waals surface area contributed by atoms with Crippen LogP contribution in [-0.4, -0.2) is 32.1 Å². The minimum absolute atomic E-state index is 0.210. The van der Waals surface area contributed by atoms with Crippen LogP contribution < -0.4 is 5.43 Å². The lowest BCUT2D eigenvalue weighted by molar-refractivity contribution is 0.0950. The molecular formula is C10H11FN6O. The number of carbonyl (C=O) groups is 1. The lowest BCUT2D eigenvalue weighted by Gasteiger charge is -1.95. The summed E-state index contributed by atoms with van der Waals surface area (Å²) in [6.07, 6.45) is 3.98. The third-order valence-electron chi connectivity index (χ3n) is 2.22. The predicted molar refractivity (Wildman–Crippen MR) is 61.5 cm³/mol. The van der Waals surface area contributed by atoms with E-state index in [0.29, 0.717) is 6.54 Å². The summed E-state index contributed by atoms with van der Waals surface area (Å²) >= 11 is 0. The monoisotopic (exact) mass is 250 g/mol. The Bertz CT molecular complexity index is 559. The van der Waals surface area contributed by atoms with Gasteiger partial charge in [0, 0.05) is 12.7 Å². The van der Waals surface area contributed by atoms with Crippen molar-refractivity contribution in [1.82, 2.24) is 25.4 Å². The molecule has 18 heavy (non-hydrogen) atoms. The Morgan fingerprint density at radius 1 is 1.72 bits per heavy atom. The number of nitrogens with zero attached hydrogens (tertiary/aromatic N) is 4. The van der Waals surface area contributed by atoms with Gasteiger partial charge in [0.15, 0.2) is 0 Å². The number of aromatic amines is 1. The molecule has 2 heterocycles. The number of hydrazone groups is 1. The van der Waals surface area contributed by atoms with Gasteiger partial charge >= 0.3 is 0 Å². The molecule has 0 aromatic carbocycles. The highest BCUT2D eigenvalue weighted by atomic mass is 19.1. The van der Waals surface area contributed by atoms with Crippen molar-refractivity contribution in [1.29, 1.82) is 0 Å². The number of nitrogens with one attached hydrogen (secondary N) is 2. The molecule has 0 unspecified atom stereocenters. The van der Waals surface area contributed by atoms with Crippen LogP contribution in [0.3, 0.4) is 0 Å². The third kappa shape index (κ3) is 2.42. The molecule has 0 aliphatic heterocycles. The highest BCUT2D eigenvalue weighted by Gasteiger charge is 2.07. The van der Waals surface area contributed by atoms with Gasteiger partial charge in [-0.15, -0.1) is 0 Å². The molecule has 0 fully saturated rings. The minimum Gasteiger partial charge on any atom is -0.273 e. The molecule has 0 aliphatic carbocycles. The molecule has 0 atom stereocenters. The third-order valence-corrected chi connectivity index (χ3v) is 2.22. The van der Waals surface area contributed by atoms with Gasteiger partial charge in [0.05, 0.1) is 18.0 Å². The first-order valence-corrected chi connectivity index (χ1v) is 5.26. The number of hydrogen-bond donors (Lipinski definition) is 2. The average Bonchev–Trinajstić information content (AvgIpc) is 3.00. The van der Waals surface area contributed by atoms with Crippen LogP contribution >= 0.6 is 0 Å². The molecule has 0 aliphatic rings. The molecule has 94 valence electrons. The second kappa shape index (κ2) is 5.21. The molecule has 2 rings (SSSR count). The number of H-pyrrole nitrogens is 1. The number of aromatic nitrogens is 4. The zero-order chi connectivity index (χ0) is 13.0. The zero-order valence-electron chi connectivity index (χ0n) is 9.59. The van der Waals surface area contributed by atoms with E-state index in [1.807, 2.05) is 0 Å². The number of aryl methyl sites for hydroxylation is 1. The first-order chi connectivity index (χ1) is 8.72. The lowest BCUT2D eigenvalue weighted by Crippen LogP contribution is -2.18. The quantitative estimate of drug-likeness (QED) is 0.612. The Morgan fingerprint density at radius 2 is 2.56 bits per heavy atom. The van der Waals surface area contributed by atoms with E-state index in [1.54, 1.807) is 6.92 Å². The number of hydrogen-bond acceptors (Lipinski definition) is 4. The fourth-order valence-corrected chi connectivity index (χ4v) is 1.29. The van der Waals surface area contributed by atoms with Crippen molar-refractivity contribution in [2.75, 3.05) is 0 Å². The van der Waals surface area contributed by atoms with Crippen LogP contribution in [0.1, 0.15) is 23.0 Å². The van der Waals surface area contributed by atoms with Gasteiger partial charge in [0.1, 0.15) is 5.69 Å². The number of halogens is 1. The second-order valence-corrected chi connectivity index (χ2v) is 3.38. The standard InChI is InChI=1S/C10H11FN6O/c1-2-17-9(11)7(6-14-17)5-13-16-10(18)8-3-4-12-15-8/h3-6H,2H2,1H3,(H,12,15)(H,16,18)/b13-5-. The minimum atomic E-state index is -0.489. The molecular weight excluding hydrogens is 239 g/mol. The first kappa shape index (κ1) is 12.0. The molecule has 0 radical (unpaired) electrons. The predicted octanol–water partition coefficient (Wildman–Crippen LogP) is 0.529. The molecule has 1 amide bonds. The van der Waals surface area contributed by atoms with Crippen molar-refractivity contribution in [3.63, 3.8) is 0 Å². The molecule has 0 spiro atoms. The van der Waals surface area contributed by atoms with Crippen LogP contribution in [0, 0.1) is 5.95 Å². The van der Waals surface area contributed by atoms with Crippen molar-refractivity contribution >= 4 is 12.1 Å². The normalized spacial score (nSPS) is 11.0. The largest absolute Gasteiger partial charge is 0.289 e. The molecule has 0 saturated carbocycles. The summed E-state index contributed by atoms with van der Waals surface area (Å²) in [4.78, 5) is 11.4. The number of carbonyl (C=O) groups excluding carboxylic acids is 1. The maximum absolute atomic E-state index is 13.5. The number of rotatable bonds is 4. The van der Waals surface area contributed by atoms with Gasteiger partial charge in [-0.05, 0) is 13.0 Å². The molecule has 0 bridgehead atoms. The summed E-state index contributed by atoms with van der Waals surface area (Å²) in [5, 5.41) is 13.6. The maximum Gasteiger partial charge on any atom is 0.289 e. The SMILES string of the molecule is CCn1ncc(/C=N\NC(=O)c2ccn[nH]2)c1F. The molecule has 0 saturated heterocycles. The van der Waals surface area contributed by atoms with Gasteiger partial charge in [-0.2, -0.15) is 19.7 Å².